The lowest BCUT2D eigenvalue weighted by molar-refractivity contribution is 0.210. The SMILES string of the molecule is CNC(=O)N1CC[C@H](N)C1. The first-order valence-electron chi connectivity index (χ1n) is 3.46. The third kappa shape index (κ3) is 1.39. The summed E-state index contributed by atoms with van der Waals surface area (Å²) in [7, 11) is 1.63. The highest BCUT2D eigenvalue weighted by Gasteiger charge is 2.22. The normalized spacial score (nSPS) is 25.0. The number of rotatable bonds is 0. The molecule has 0 aromatic heterocycles. The minimum Gasteiger partial charge on any atom is -0.341 e. The molecule has 1 saturated heterocycles. The maximum atomic E-state index is 10.9. The lowest BCUT2D eigenvalue weighted by Crippen LogP contribution is -2.37. The molecule has 58 valence electrons. The smallest absolute Gasteiger partial charge is 0.317 e. The van der Waals surface area contributed by atoms with E-state index in [-0.39, 0.29) is 12.1 Å². The van der Waals surface area contributed by atoms with Crippen LogP contribution >= 0.6 is 0 Å². The predicted molar refractivity (Wildman–Crippen MR) is 38.6 cm³/mol. The molecule has 0 unspecified atom stereocenters. The molecule has 4 nitrogen and oxygen atoms in total. The summed E-state index contributed by atoms with van der Waals surface area (Å²) in [5, 5.41) is 2.56. The van der Waals surface area contributed by atoms with Crippen molar-refractivity contribution in [3.05, 3.63) is 0 Å². The van der Waals surface area contributed by atoms with E-state index >= 15 is 0 Å². The number of nitrogens with zero attached hydrogens (tertiary/aromatic N) is 1. The number of hydrogen-bond acceptors (Lipinski definition) is 2. The molecule has 0 aliphatic carbocycles. The zero-order valence-electron chi connectivity index (χ0n) is 6.13. The van der Waals surface area contributed by atoms with Gasteiger partial charge in [0, 0.05) is 26.2 Å². The molecule has 2 amide bonds. The van der Waals surface area contributed by atoms with Crippen molar-refractivity contribution < 1.29 is 4.79 Å². The van der Waals surface area contributed by atoms with Gasteiger partial charge in [-0.05, 0) is 6.42 Å². The van der Waals surface area contributed by atoms with Crippen molar-refractivity contribution in [2.75, 3.05) is 20.1 Å². The molecular weight excluding hydrogens is 130 g/mol. The van der Waals surface area contributed by atoms with E-state index in [2.05, 4.69) is 5.32 Å². The standard InChI is InChI=1S/C6H13N3O/c1-8-6(10)9-3-2-5(7)4-9/h5H,2-4,7H2,1H3,(H,8,10)/t5-/m0/s1. The van der Waals surface area contributed by atoms with E-state index in [1.54, 1.807) is 11.9 Å². The number of carbonyl (C=O) groups is 1. The Morgan fingerprint density at radius 1 is 1.80 bits per heavy atom. The van der Waals surface area contributed by atoms with E-state index in [4.69, 9.17) is 5.73 Å². The lowest BCUT2D eigenvalue weighted by atomic mass is 10.3. The number of nitrogens with one attached hydrogen (secondary N) is 1. The Morgan fingerprint density at radius 2 is 2.50 bits per heavy atom. The number of nitrogens with two attached hydrogens (primary N) is 1. The maximum Gasteiger partial charge on any atom is 0.317 e. The second-order valence-corrected chi connectivity index (χ2v) is 2.55. The first-order valence-corrected chi connectivity index (χ1v) is 3.46. The summed E-state index contributed by atoms with van der Waals surface area (Å²) in [6.45, 7) is 1.49. The van der Waals surface area contributed by atoms with Gasteiger partial charge in [0.15, 0.2) is 0 Å². The number of carbonyl (C=O) groups excluding carboxylic acids is 1. The first-order chi connectivity index (χ1) is 4.74. The molecule has 0 spiro atoms. The highest BCUT2D eigenvalue weighted by atomic mass is 16.2. The monoisotopic (exact) mass is 143 g/mol. The van der Waals surface area contributed by atoms with E-state index in [1.807, 2.05) is 0 Å². The fourth-order valence-corrected chi connectivity index (χ4v) is 1.13. The highest BCUT2D eigenvalue weighted by molar-refractivity contribution is 5.74. The molecule has 0 aromatic carbocycles. The first kappa shape index (κ1) is 7.34. The summed E-state index contributed by atoms with van der Waals surface area (Å²) in [5.41, 5.74) is 5.60. The molecule has 1 aliphatic rings. The average molecular weight is 143 g/mol. The summed E-state index contributed by atoms with van der Waals surface area (Å²) in [6.07, 6.45) is 0.924. The predicted octanol–water partition coefficient (Wildman–Crippen LogP) is -0.641. The van der Waals surface area contributed by atoms with E-state index in [9.17, 15) is 4.79 Å². The Hall–Kier alpha value is -0.770. The van der Waals surface area contributed by atoms with Crippen molar-refractivity contribution >= 4 is 6.03 Å². The van der Waals surface area contributed by atoms with Crippen LogP contribution in [-0.2, 0) is 0 Å². The molecule has 0 aromatic rings. The minimum atomic E-state index is -0.0204. The Labute approximate surface area is 60.4 Å². The molecule has 1 heterocycles. The van der Waals surface area contributed by atoms with Gasteiger partial charge in [-0.2, -0.15) is 0 Å². The summed E-state index contributed by atoms with van der Waals surface area (Å²) in [4.78, 5) is 12.6. The van der Waals surface area contributed by atoms with Gasteiger partial charge in [0.1, 0.15) is 0 Å². The van der Waals surface area contributed by atoms with E-state index in [0.717, 1.165) is 13.0 Å². The zero-order chi connectivity index (χ0) is 7.56. The Balaban J connectivity index is 2.37. The van der Waals surface area contributed by atoms with Crippen molar-refractivity contribution in [1.29, 1.82) is 0 Å². The summed E-state index contributed by atoms with van der Waals surface area (Å²) in [6, 6.07) is 0.158. The van der Waals surface area contributed by atoms with Gasteiger partial charge < -0.3 is 16.0 Å². The number of urea groups is 1. The maximum absolute atomic E-state index is 10.9. The quantitative estimate of drug-likeness (QED) is 0.474. The van der Waals surface area contributed by atoms with Crippen molar-refractivity contribution in [3.8, 4) is 0 Å². The van der Waals surface area contributed by atoms with Gasteiger partial charge in [-0.3, -0.25) is 0 Å². The Bertz CT molecular complexity index is 137. The number of hydrogen-bond donors (Lipinski definition) is 2. The minimum absolute atomic E-state index is 0.0204. The van der Waals surface area contributed by atoms with Gasteiger partial charge in [0.05, 0.1) is 0 Å². The lowest BCUT2D eigenvalue weighted by Gasteiger charge is -2.13. The molecule has 0 bridgehead atoms. The Morgan fingerprint density at radius 3 is 2.90 bits per heavy atom. The molecule has 4 heteroatoms. The van der Waals surface area contributed by atoms with Gasteiger partial charge in [0.2, 0.25) is 0 Å². The largest absolute Gasteiger partial charge is 0.341 e. The average Bonchev–Trinajstić information content (AvgIpc) is 2.34. The van der Waals surface area contributed by atoms with Crippen LogP contribution in [0.5, 0.6) is 0 Å². The van der Waals surface area contributed by atoms with Gasteiger partial charge in [0.25, 0.3) is 0 Å². The number of amides is 2. The van der Waals surface area contributed by atoms with Crippen LogP contribution in [0.3, 0.4) is 0 Å². The van der Waals surface area contributed by atoms with E-state index in [0.29, 0.717) is 6.54 Å². The van der Waals surface area contributed by atoms with Crippen molar-refractivity contribution in [3.63, 3.8) is 0 Å². The molecular formula is C6H13N3O. The van der Waals surface area contributed by atoms with Crippen LogP contribution < -0.4 is 11.1 Å². The Kier molecular flexibility index (Phi) is 2.11. The summed E-state index contributed by atoms with van der Waals surface area (Å²) in [5.74, 6) is 0. The topological polar surface area (TPSA) is 58.4 Å². The third-order valence-corrected chi connectivity index (χ3v) is 1.73. The van der Waals surface area contributed by atoms with Gasteiger partial charge in [-0.25, -0.2) is 4.79 Å². The molecule has 1 atom stereocenters. The van der Waals surface area contributed by atoms with Crippen LogP contribution in [0.15, 0.2) is 0 Å². The van der Waals surface area contributed by atoms with Crippen molar-refractivity contribution in [2.24, 2.45) is 5.73 Å². The fourth-order valence-electron chi connectivity index (χ4n) is 1.13. The van der Waals surface area contributed by atoms with Gasteiger partial charge in [-0.15, -0.1) is 0 Å². The molecule has 10 heavy (non-hydrogen) atoms. The van der Waals surface area contributed by atoms with Crippen molar-refractivity contribution in [1.82, 2.24) is 10.2 Å². The number of likely N-dealkylation sites (tertiary alicyclic amines) is 1. The van der Waals surface area contributed by atoms with Crippen LogP contribution in [0.25, 0.3) is 0 Å². The third-order valence-electron chi connectivity index (χ3n) is 1.73. The molecule has 0 saturated carbocycles. The van der Waals surface area contributed by atoms with Crippen LogP contribution in [-0.4, -0.2) is 37.1 Å². The fraction of sp³-hybridized carbons (Fsp3) is 0.833. The second kappa shape index (κ2) is 2.88. The van der Waals surface area contributed by atoms with Crippen LogP contribution in [0.2, 0.25) is 0 Å². The van der Waals surface area contributed by atoms with Gasteiger partial charge in [-0.1, -0.05) is 0 Å². The summed E-state index contributed by atoms with van der Waals surface area (Å²) >= 11 is 0. The highest BCUT2D eigenvalue weighted by Crippen LogP contribution is 2.05. The van der Waals surface area contributed by atoms with E-state index < -0.39 is 0 Å². The van der Waals surface area contributed by atoms with Crippen molar-refractivity contribution in [2.45, 2.75) is 12.5 Å². The summed E-state index contributed by atoms with van der Waals surface area (Å²) < 4.78 is 0. The molecule has 1 fully saturated rings. The molecule has 1 aliphatic heterocycles. The molecule has 1 rings (SSSR count). The van der Waals surface area contributed by atoms with Crippen LogP contribution in [0, 0.1) is 0 Å². The van der Waals surface area contributed by atoms with Crippen LogP contribution in [0.4, 0.5) is 4.79 Å². The molecule has 0 radical (unpaired) electrons. The van der Waals surface area contributed by atoms with Gasteiger partial charge >= 0.3 is 6.03 Å². The van der Waals surface area contributed by atoms with Crippen LogP contribution in [0.1, 0.15) is 6.42 Å². The second-order valence-electron chi connectivity index (χ2n) is 2.55. The zero-order valence-corrected chi connectivity index (χ0v) is 6.13. The van der Waals surface area contributed by atoms with E-state index in [1.165, 1.54) is 0 Å². The molecule has 3 N–H and O–H groups in total.